The van der Waals surface area contributed by atoms with Gasteiger partial charge in [-0.3, -0.25) is 9.36 Å². The number of amides is 1. The molecule has 0 aliphatic heterocycles. The lowest BCUT2D eigenvalue weighted by Crippen LogP contribution is -2.25. The second-order valence-corrected chi connectivity index (χ2v) is 5.98. The number of hydrogen-bond donors (Lipinski definition) is 1. The second kappa shape index (κ2) is 9.08. The van der Waals surface area contributed by atoms with Gasteiger partial charge in [-0.05, 0) is 19.3 Å². The van der Waals surface area contributed by atoms with Crippen molar-refractivity contribution in [3.63, 3.8) is 0 Å². The Kier molecular flexibility index (Phi) is 7.77. The molecule has 1 aliphatic rings. The topological polar surface area (TPSA) is 87.7 Å². The Bertz CT molecular complexity index is 419. The first kappa shape index (κ1) is 17.1. The molecule has 0 aromatic carbocycles. The third-order valence-electron chi connectivity index (χ3n) is 2.89. The van der Waals surface area contributed by atoms with Gasteiger partial charge >= 0.3 is 0 Å². The van der Waals surface area contributed by atoms with Gasteiger partial charge in [0.15, 0.2) is 0 Å². The molecule has 1 atom stereocenters. The van der Waals surface area contributed by atoms with Gasteiger partial charge in [0.2, 0.25) is 5.91 Å². The largest absolute Gasteiger partial charge is 0.756 e. The zero-order valence-electron chi connectivity index (χ0n) is 11.7. The van der Waals surface area contributed by atoms with E-state index in [1.165, 1.54) is 0 Å². The van der Waals surface area contributed by atoms with Crippen LogP contribution in [0.25, 0.3) is 0 Å². The van der Waals surface area contributed by atoms with Gasteiger partial charge < -0.3 is 19.3 Å². The minimum absolute atomic E-state index is 0.00859. The van der Waals surface area contributed by atoms with E-state index in [0.29, 0.717) is 19.4 Å². The van der Waals surface area contributed by atoms with Gasteiger partial charge in [-0.2, -0.15) is 0 Å². The van der Waals surface area contributed by atoms with Gasteiger partial charge in [-0.15, -0.1) is 0 Å². The van der Waals surface area contributed by atoms with Gasteiger partial charge in [0.1, 0.15) is 0 Å². The molecule has 20 heavy (non-hydrogen) atoms. The quantitative estimate of drug-likeness (QED) is 0.490. The summed E-state index contributed by atoms with van der Waals surface area (Å²) in [6.07, 6.45) is 9.64. The van der Waals surface area contributed by atoms with E-state index in [-0.39, 0.29) is 12.5 Å². The summed E-state index contributed by atoms with van der Waals surface area (Å²) in [4.78, 5) is 22.5. The maximum atomic E-state index is 11.6. The summed E-state index contributed by atoms with van der Waals surface area (Å²) in [5, 5.41) is 2.86. The molecule has 0 spiro atoms. The Morgan fingerprint density at radius 1 is 1.40 bits per heavy atom. The zero-order valence-corrected chi connectivity index (χ0v) is 12.6. The third kappa shape index (κ3) is 7.01. The van der Waals surface area contributed by atoms with Crippen LogP contribution in [-0.2, 0) is 18.4 Å². The van der Waals surface area contributed by atoms with Crippen molar-refractivity contribution in [3.8, 4) is 0 Å². The number of hydrogen-bond acceptors (Lipinski definition) is 5. The normalized spacial score (nSPS) is 16.8. The van der Waals surface area contributed by atoms with Gasteiger partial charge in [0, 0.05) is 19.2 Å². The van der Waals surface area contributed by atoms with E-state index in [9.17, 15) is 14.3 Å². The number of allylic oxidation sites excluding steroid dienone is 3. The standard InChI is InChI=1S/C13H22NO5P/c1-18-20(16,17)19-11-7-3-2-6-10-14-13(15)12-8-4-5-9-12/h4-5,8H,2-3,6-7,9-11H2,1H3,(H,14,15)(H,16,17)/p-1. The summed E-state index contributed by atoms with van der Waals surface area (Å²) < 4.78 is 19.6. The number of phosphoric ester groups is 1. The maximum absolute atomic E-state index is 11.6. The van der Waals surface area contributed by atoms with Gasteiger partial charge in [0.25, 0.3) is 7.82 Å². The van der Waals surface area contributed by atoms with E-state index in [1.54, 1.807) is 0 Å². The predicted octanol–water partition coefficient (Wildman–Crippen LogP) is 1.68. The van der Waals surface area contributed by atoms with Crippen molar-refractivity contribution in [3.05, 3.63) is 23.8 Å². The van der Waals surface area contributed by atoms with Crippen molar-refractivity contribution >= 4 is 13.7 Å². The fourth-order valence-electron chi connectivity index (χ4n) is 1.74. The van der Waals surface area contributed by atoms with Crippen LogP contribution >= 0.6 is 7.82 Å². The predicted molar refractivity (Wildman–Crippen MR) is 73.9 cm³/mol. The molecule has 0 aromatic heterocycles. The Labute approximate surface area is 119 Å². The number of nitrogens with one attached hydrogen (secondary N) is 1. The van der Waals surface area contributed by atoms with Crippen molar-refractivity contribution in [1.29, 1.82) is 0 Å². The summed E-state index contributed by atoms with van der Waals surface area (Å²) >= 11 is 0. The Morgan fingerprint density at radius 3 is 2.80 bits per heavy atom. The highest BCUT2D eigenvalue weighted by atomic mass is 31.2. The smallest absolute Gasteiger partial charge is 0.267 e. The maximum Gasteiger partial charge on any atom is 0.267 e. The van der Waals surface area contributed by atoms with Gasteiger partial charge in [-0.1, -0.05) is 31.1 Å². The number of carbonyl (C=O) groups is 1. The number of carbonyl (C=O) groups excluding carboxylic acids is 1. The number of phosphoric acid groups is 1. The highest BCUT2D eigenvalue weighted by Gasteiger charge is 2.08. The van der Waals surface area contributed by atoms with Crippen LogP contribution in [0.15, 0.2) is 23.8 Å². The molecule has 1 N–H and O–H groups in total. The van der Waals surface area contributed by atoms with E-state index in [4.69, 9.17) is 0 Å². The van der Waals surface area contributed by atoms with Crippen LogP contribution in [0.1, 0.15) is 32.1 Å². The van der Waals surface area contributed by atoms with E-state index >= 15 is 0 Å². The van der Waals surface area contributed by atoms with E-state index < -0.39 is 7.82 Å². The third-order valence-corrected chi connectivity index (χ3v) is 3.84. The number of rotatable bonds is 10. The molecule has 0 heterocycles. The second-order valence-electron chi connectivity index (χ2n) is 4.46. The van der Waals surface area contributed by atoms with Crippen LogP contribution in [0.5, 0.6) is 0 Å². The Morgan fingerprint density at radius 2 is 2.15 bits per heavy atom. The van der Waals surface area contributed by atoms with Crippen molar-refractivity contribution < 1.29 is 23.3 Å². The van der Waals surface area contributed by atoms with Gasteiger partial charge in [0.05, 0.1) is 6.61 Å². The zero-order chi connectivity index (χ0) is 14.8. The lowest BCUT2D eigenvalue weighted by atomic mass is 10.2. The highest BCUT2D eigenvalue weighted by Crippen LogP contribution is 2.36. The van der Waals surface area contributed by atoms with E-state index in [2.05, 4.69) is 14.4 Å². The molecule has 1 aliphatic carbocycles. The molecule has 114 valence electrons. The lowest BCUT2D eigenvalue weighted by Gasteiger charge is -2.19. The fourth-order valence-corrected chi connectivity index (χ4v) is 2.20. The molecule has 0 bridgehead atoms. The fraction of sp³-hybridized carbons (Fsp3) is 0.615. The Balaban J connectivity index is 1.92. The number of unbranched alkanes of at least 4 members (excludes halogenated alkanes) is 3. The van der Waals surface area contributed by atoms with Crippen LogP contribution in [0, 0.1) is 0 Å². The van der Waals surface area contributed by atoms with Crippen molar-refractivity contribution in [2.45, 2.75) is 32.1 Å². The first-order chi connectivity index (χ1) is 9.55. The monoisotopic (exact) mass is 302 g/mol. The summed E-state index contributed by atoms with van der Waals surface area (Å²) in [7, 11) is -3.00. The molecule has 1 amide bonds. The average molecular weight is 302 g/mol. The Hall–Kier alpha value is -0.940. The first-order valence-corrected chi connectivity index (χ1v) is 8.16. The minimum atomic E-state index is -4.08. The molecule has 7 heteroatoms. The van der Waals surface area contributed by atoms with E-state index in [0.717, 1.165) is 31.9 Å². The van der Waals surface area contributed by atoms with Crippen molar-refractivity contribution in [2.24, 2.45) is 0 Å². The molecule has 0 saturated heterocycles. The van der Waals surface area contributed by atoms with Crippen LogP contribution in [0.3, 0.4) is 0 Å². The van der Waals surface area contributed by atoms with Gasteiger partial charge in [-0.25, -0.2) is 0 Å². The molecule has 0 aromatic rings. The summed E-state index contributed by atoms with van der Waals surface area (Å²) in [6, 6.07) is 0. The molecule has 1 unspecified atom stereocenters. The van der Waals surface area contributed by atoms with Crippen LogP contribution in [0.2, 0.25) is 0 Å². The van der Waals surface area contributed by atoms with Crippen LogP contribution in [0.4, 0.5) is 0 Å². The van der Waals surface area contributed by atoms with Crippen LogP contribution < -0.4 is 10.2 Å². The average Bonchev–Trinajstić information content (AvgIpc) is 2.95. The first-order valence-electron chi connectivity index (χ1n) is 6.70. The molecular formula is C13H21NO5P-. The van der Waals surface area contributed by atoms with Crippen molar-refractivity contribution in [1.82, 2.24) is 5.32 Å². The summed E-state index contributed by atoms with van der Waals surface area (Å²) in [5.74, 6) is -0.00859. The molecule has 0 fully saturated rings. The van der Waals surface area contributed by atoms with Crippen molar-refractivity contribution in [2.75, 3.05) is 20.3 Å². The summed E-state index contributed by atoms with van der Waals surface area (Å²) in [5.41, 5.74) is 0.796. The lowest BCUT2D eigenvalue weighted by molar-refractivity contribution is -0.223. The molecule has 0 saturated carbocycles. The summed E-state index contributed by atoms with van der Waals surface area (Å²) in [6.45, 7) is 0.773. The van der Waals surface area contributed by atoms with E-state index in [1.807, 2.05) is 18.2 Å². The SMILES string of the molecule is COP(=O)([O-])OCCCCCCNC(=O)C1=CC=CC1. The molecule has 0 radical (unpaired) electrons. The highest BCUT2D eigenvalue weighted by molar-refractivity contribution is 7.45. The van der Waals surface area contributed by atoms with Crippen LogP contribution in [-0.4, -0.2) is 26.2 Å². The molecular weight excluding hydrogens is 281 g/mol. The molecule has 6 nitrogen and oxygen atoms in total. The minimum Gasteiger partial charge on any atom is -0.756 e. The molecule has 1 rings (SSSR count).